The number of aliphatic hydroxyl groups excluding tert-OH is 1. The van der Waals surface area contributed by atoms with Gasteiger partial charge in [-0.2, -0.15) is 0 Å². The number of carbonyl (C=O) groups is 1. The van der Waals surface area contributed by atoms with E-state index in [4.69, 9.17) is 4.74 Å². The van der Waals surface area contributed by atoms with Crippen molar-refractivity contribution in [3.8, 4) is 0 Å². The van der Waals surface area contributed by atoms with Crippen molar-refractivity contribution in [2.24, 2.45) is 18.9 Å². The third-order valence-electron chi connectivity index (χ3n) is 4.65. The molecule has 2 heterocycles. The van der Waals surface area contributed by atoms with Crippen LogP contribution in [0.1, 0.15) is 10.4 Å². The van der Waals surface area contributed by atoms with Crippen molar-refractivity contribution in [2.75, 3.05) is 53.6 Å². The van der Waals surface area contributed by atoms with Gasteiger partial charge in [-0.05, 0) is 19.0 Å². The minimum Gasteiger partial charge on any atom is -0.396 e. The molecule has 0 aliphatic carbocycles. The Labute approximate surface area is 142 Å². The number of rotatable bonds is 7. The van der Waals surface area contributed by atoms with E-state index in [1.807, 2.05) is 7.05 Å². The number of hydrogen-bond acceptors (Lipinski definition) is 5. The Balaban J connectivity index is 2.03. The van der Waals surface area contributed by atoms with Crippen LogP contribution in [0.4, 0.5) is 0 Å². The number of likely N-dealkylation sites (tertiary alicyclic amines) is 1. The van der Waals surface area contributed by atoms with Crippen LogP contribution in [0, 0.1) is 11.8 Å². The summed E-state index contributed by atoms with van der Waals surface area (Å²) in [6, 6.07) is 2.97. The molecule has 1 aromatic heterocycles. The summed E-state index contributed by atoms with van der Waals surface area (Å²) >= 11 is 0. The smallest absolute Gasteiger partial charge is 0.255 e. The topological polar surface area (TPSA) is 75.0 Å². The number of aryl methyl sites for hydroxylation is 1. The molecule has 1 N–H and O–H groups in total. The molecule has 1 fully saturated rings. The van der Waals surface area contributed by atoms with Gasteiger partial charge < -0.3 is 24.2 Å². The summed E-state index contributed by atoms with van der Waals surface area (Å²) in [5.41, 5.74) is 0.362. The predicted octanol–water partition coefficient (Wildman–Crippen LogP) is -0.356. The fourth-order valence-corrected chi connectivity index (χ4v) is 3.16. The largest absolute Gasteiger partial charge is 0.396 e. The van der Waals surface area contributed by atoms with Crippen molar-refractivity contribution in [2.45, 2.75) is 0 Å². The van der Waals surface area contributed by atoms with E-state index in [0.29, 0.717) is 25.3 Å². The summed E-state index contributed by atoms with van der Waals surface area (Å²) in [4.78, 5) is 28.1. The number of likely N-dealkylation sites (N-methyl/N-ethyl adjacent to an activating group) is 1. The van der Waals surface area contributed by atoms with Crippen LogP contribution in [0.25, 0.3) is 0 Å². The van der Waals surface area contributed by atoms with Crippen LogP contribution in [0.2, 0.25) is 0 Å². The highest BCUT2D eigenvalue weighted by Crippen LogP contribution is 2.25. The second kappa shape index (κ2) is 8.41. The second-order valence-electron chi connectivity index (χ2n) is 6.53. The monoisotopic (exact) mass is 337 g/mol. The molecule has 0 unspecified atom stereocenters. The zero-order chi connectivity index (χ0) is 17.7. The number of hydrogen-bond donors (Lipinski definition) is 1. The SMILES string of the molecule is COCCN(C)C[C@@H]1CN(C(=O)c2ccc(=O)n(C)c2)C[C@@H]1CO. The van der Waals surface area contributed by atoms with Crippen LogP contribution in [0.3, 0.4) is 0 Å². The summed E-state index contributed by atoms with van der Waals surface area (Å²) in [6.45, 7) is 3.52. The summed E-state index contributed by atoms with van der Waals surface area (Å²) in [5.74, 6) is 0.214. The normalized spacial score (nSPS) is 20.8. The number of carbonyl (C=O) groups excluding carboxylic acids is 1. The molecule has 1 aromatic rings. The molecule has 2 rings (SSSR count). The maximum Gasteiger partial charge on any atom is 0.255 e. The van der Waals surface area contributed by atoms with Gasteiger partial charge >= 0.3 is 0 Å². The minimum absolute atomic E-state index is 0.0693. The highest BCUT2D eigenvalue weighted by atomic mass is 16.5. The van der Waals surface area contributed by atoms with E-state index < -0.39 is 0 Å². The van der Waals surface area contributed by atoms with Gasteiger partial charge in [0.1, 0.15) is 0 Å². The molecule has 24 heavy (non-hydrogen) atoms. The van der Waals surface area contributed by atoms with Gasteiger partial charge in [0.05, 0.1) is 12.2 Å². The fourth-order valence-electron chi connectivity index (χ4n) is 3.16. The second-order valence-corrected chi connectivity index (χ2v) is 6.53. The maximum atomic E-state index is 12.7. The molecule has 1 amide bonds. The van der Waals surface area contributed by atoms with Gasteiger partial charge in [0, 0.05) is 65.1 Å². The van der Waals surface area contributed by atoms with Crippen LogP contribution >= 0.6 is 0 Å². The van der Waals surface area contributed by atoms with E-state index in [-0.39, 0.29) is 29.9 Å². The highest BCUT2D eigenvalue weighted by Gasteiger charge is 2.35. The van der Waals surface area contributed by atoms with Crippen LogP contribution in [0.5, 0.6) is 0 Å². The molecule has 134 valence electrons. The van der Waals surface area contributed by atoms with E-state index in [1.54, 1.807) is 31.3 Å². The van der Waals surface area contributed by atoms with Crippen LogP contribution in [0.15, 0.2) is 23.1 Å². The molecule has 2 atom stereocenters. The molecule has 1 aliphatic rings. The van der Waals surface area contributed by atoms with Crippen molar-refractivity contribution in [3.05, 3.63) is 34.2 Å². The van der Waals surface area contributed by atoms with E-state index in [2.05, 4.69) is 4.90 Å². The van der Waals surface area contributed by atoms with Crippen molar-refractivity contribution in [1.82, 2.24) is 14.4 Å². The first-order chi connectivity index (χ1) is 11.5. The Morgan fingerprint density at radius 1 is 1.38 bits per heavy atom. The summed E-state index contributed by atoms with van der Waals surface area (Å²) < 4.78 is 6.49. The third kappa shape index (κ3) is 4.43. The van der Waals surface area contributed by atoms with Crippen molar-refractivity contribution >= 4 is 5.91 Å². The lowest BCUT2D eigenvalue weighted by Gasteiger charge is -2.23. The molecule has 0 bridgehead atoms. The molecule has 0 radical (unpaired) electrons. The fraction of sp³-hybridized carbons (Fsp3) is 0.647. The maximum absolute atomic E-state index is 12.7. The number of amides is 1. The van der Waals surface area contributed by atoms with Gasteiger partial charge in [0.15, 0.2) is 0 Å². The van der Waals surface area contributed by atoms with Gasteiger partial charge in [-0.15, -0.1) is 0 Å². The van der Waals surface area contributed by atoms with Gasteiger partial charge in [-0.1, -0.05) is 0 Å². The third-order valence-corrected chi connectivity index (χ3v) is 4.65. The molecule has 7 heteroatoms. The van der Waals surface area contributed by atoms with Gasteiger partial charge in [-0.3, -0.25) is 9.59 Å². The molecular weight excluding hydrogens is 310 g/mol. The number of aromatic nitrogens is 1. The van der Waals surface area contributed by atoms with E-state index >= 15 is 0 Å². The molecule has 0 saturated carbocycles. The molecule has 1 aliphatic heterocycles. The standard InChI is InChI=1S/C17H27N3O4/c1-18(6-7-24-3)8-14-10-20(11-15(14)12-21)17(23)13-4-5-16(22)19(2)9-13/h4-5,9,14-15,21H,6-8,10-12H2,1-3H3/t14-,15-/m1/s1. The zero-order valence-electron chi connectivity index (χ0n) is 14.6. The number of pyridine rings is 1. The van der Waals surface area contributed by atoms with Gasteiger partial charge in [0.2, 0.25) is 5.56 Å². The zero-order valence-corrected chi connectivity index (χ0v) is 14.6. The van der Waals surface area contributed by atoms with E-state index in [0.717, 1.165) is 13.1 Å². The van der Waals surface area contributed by atoms with Gasteiger partial charge in [-0.25, -0.2) is 0 Å². The number of nitrogens with zero attached hydrogens (tertiary/aromatic N) is 3. The Kier molecular flexibility index (Phi) is 6.53. The molecule has 0 spiro atoms. The molecule has 1 saturated heterocycles. The Bertz CT molecular complexity index is 616. The average molecular weight is 337 g/mol. The minimum atomic E-state index is -0.140. The number of aliphatic hydroxyl groups is 1. The summed E-state index contributed by atoms with van der Waals surface area (Å²) in [7, 11) is 5.33. The summed E-state index contributed by atoms with van der Waals surface area (Å²) in [6.07, 6.45) is 1.57. The van der Waals surface area contributed by atoms with Gasteiger partial charge in [0.25, 0.3) is 5.91 Å². The Morgan fingerprint density at radius 2 is 2.08 bits per heavy atom. The lowest BCUT2D eigenvalue weighted by Crippen LogP contribution is -2.34. The van der Waals surface area contributed by atoms with Crippen molar-refractivity contribution in [1.29, 1.82) is 0 Å². The van der Waals surface area contributed by atoms with E-state index in [9.17, 15) is 14.7 Å². The lowest BCUT2D eigenvalue weighted by atomic mass is 9.96. The van der Waals surface area contributed by atoms with Crippen molar-refractivity contribution in [3.63, 3.8) is 0 Å². The van der Waals surface area contributed by atoms with Crippen molar-refractivity contribution < 1.29 is 14.6 Å². The predicted molar refractivity (Wildman–Crippen MR) is 91.0 cm³/mol. The van der Waals surface area contributed by atoms with Crippen LogP contribution < -0.4 is 5.56 Å². The molecule has 7 nitrogen and oxygen atoms in total. The first-order valence-electron chi connectivity index (χ1n) is 8.20. The highest BCUT2D eigenvalue weighted by molar-refractivity contribution is 5.94. The number of methoxy groups -OCH3 is 1. The Hall–Kier alpha value is -1.70. The van der Waals surface area contributed by atoms with Crippen LogP contribution in [-0.4, -0.2) is 78.9 Å². The quantitative estimate of drug-likeness (QED) is 0.736. The summed E-state index contributed by atoms with van der Waals surface area (Å²) in [5, 5.41) is 9.65. The first-order valence-corrected chi connectivity index (χ1v) is 8.20. The average Bonchev–Trinajstić information content (AvgIpc) is 2.97. The lowest BCUT2D eigenvalue weighted by molar-refractivity contribution is 0.0777. The molecule has 0 aromatic carbocycles. The molecular formula is C17H27N3O4. The van der Waals surface area contributed by atoms with Crippen LogP contribution in [-0.2, 0) is 11.8 Å². The first kappa shape index (κ1) is 18.6. The van der Waals surface area contributed by atoms with E-state index in [1.165, 1.54) is 10.6 Å². The number of ether oxygens (including phenoxy) is 1. The Morgan fingerprint density at radius 3 is 2.71 bits per heavy atom.